The molecule has 0 heterocycles. The molecule has 2 nitrogen and oxygen atoms in total. The van der Waals surface area contributed by atoms with Crippen molar-refractivity contribution in [2.75, 3.05) is 0 Å². The van der Waals surface area contributed by atoms with E-state index in [0.717, 1.165) is 25.7 Å². The Bertz CT molecular complexity index is 742. The van der Waals surface area contributed by atoms with Gasteiger partial charge in [-0.2, -0.15) is 0 Å². The zero-order valence-corrected chi connectivity index (χ0v) is 20.3. The van der Waals surface area contributed by atoms with Crippen molar-refractivity contribution in [2.45, 2.75) is 52.4 Å². The number of unbranched alkanes of at least 4 members (excludes halogenated alkanes) is 2. The van der Waals surface area contributed by atoms with Crippen LogP contribution in [0.2, 0.25) is 20.1 Å². The van der Waals surface area contributed by atoms with Crippen LogP contribution in [-0.4, -0.2) is 11.0 Å². The van der Waals surface area contributed by atoms with Gasteiger partial charge in [-0.15, -0.1) is 0 Å². The molecule has 2 aromatic rings. The van der Waals surface area contributed by atoms with E-state index in [4.69, 9.17) is 58.0 Å². The number of carbonyl (C=O) groups excluding carboxylic acids is 2. The topological polar surface area (TPSA) is 34.1 Å². The summed E-state index contributed by atoms with van der Waals surface area (Å²) in [5, 5.41) is 1.91. The second-order valence-corrected chi connectivity index (χ2v) is 8.08. The third kappa shape index (κ3) is 14.0. The summed E-state index contributed by atoms with van der Waals surface area (Å²) in [5.74, 6) is 0.130. The number of Topliss-reactive ketones (excluding diaryl/α,β-unsaturated/α-hetero) is 1. The zero-order valence-electron chi connectivity index (χ0n) is 16.5. The van der Waals surface area contributed by atoms with Crippen molar-refractivity contribution in [1.82, 2.24) is 0 Å². The van der Waals surface area contributed by atoms with Crippen LogP contribution in [0.4, 0.5) is 0 Å². The van der Waals surface area contributed by atoms with Crippen LogP contribution in [0.3, 0.4) is 0 Å². The molecule has 0 N–H and O–H groups in total. The van der Waals surface area contributed by atoms with E-state index in [0.29, 0.717) is 38.5 Å². The van der Waals surface area contributed by atoms with Crippen molar-refractivity contribution < 1.29 is 9.59 Å². The number of hydrogen-bond acceptors (Lipinski definition) is 2. The SMILES string of the molecule is CCCCC(=O)Cl.CCCCC(=O)c1ccc(Cl)c(Cl)c1.Clc1ccccc1Cl. The molecule has 0 aliphatic carbocycles. The van der Waals surface area contributed by atoms with E-state index in [1.807, 2.05) is 19.1 Å². The Morgan fingerprint density at radius 2 is 1.21 bits per heavy atom. The highest BCUT2D eigenvalue weighted by Gasteiger charge is 2.07. The quantitative estimate of drug-likeness (QED) is 0.281. The van der Waals surface area contributed by atoms with Crippen LogP contribution >= 0.6 is 58.0 Å². The Balaban J connectivity index is 0.000000444. The van der Waals surface area contributed by atoms with E-state index in [2.05, 4.69) is 6.92 Å². The fourth-order valence-corrected chi connectivity index (χ4v) is 2.61. The summed E-state index contributed by atoms with van der Waals surface area (Å²) < 4.78 is 0. The molecule has 2 rings (SSSR count). The van der Waals surface area contributed by atoms with Gasteiger partial charge in [-0.05, 0) is 54.8 Å². The summed E-state index contributed by atoms with van der Waals surface area (Å²) in [4.78, 5) is 21.5. The number of ketones is 1. The Labute approximate surface area is 198 Å². The fourth-order valence-electron chi connectivity index (χ4n) is 1.91. The van der Waals surface area contributed by atoms with Crippen LogP contribution in [0.25, 0.3) is 0 Å². The normalized spacial score (nSPS) is 9.62. The molecule has 0 saturated heterocycles. The molecule has 0 bridgehead atoms. The number of halogens is 5. The molecule has 0 aromatic heterocycles. The molecule has 7 heteroatoms. The predicted octanol–water partition coefficient (Wildman–Crippen LogP) is 9.30. The Hall–Kier alpha value is -0.770. The van der Waals surface area contributed by atoms with Crippen molar-refractivity contribution in [3.8, 4) is 0 Å². The van der Waals surface area contributed by atoms with Gasteiger partial charge in [0.25, 0.3) is 0 Å². The third-order valence-electron chi connectivity index (χ3n) is 3.55. The maximum Gasteiger partial charge on any atom is 0.221 e. The first-order valence-electron chi connectivity index (χ1n) is 9.29. The van der Waals surface area contributed by atoms with Crippen molar-refractivity contribution in [3.63, 3.8) is 0 Å². The van der Waals surface area contributed by atoms with Crippen molar-refractivity contribution in [1.29, 1.82) is 0 Å². The van der Waals surface area contributed by atoms with E-state index in [1.165, 1.54) is 0 Å². The molecule has 0 spiro atoms. The van der Waals surface area contributed by atoms with Gasteiger partial charge in [0, 0.05) is 18.4 Å². The average molecular weight is 499 g/mol. The molecular weight excluding hydrogens is 474 g/mol. The first-order chi connectivity index (χ1) is 13.7. The third-order valence-corrected chi connectivity index (χ3v) is 5.23. The van der Waals surface area contributed by atoms with E-state index >= 15 is 0 Å². The van der Waals surface area contributed by atoms with Crippen LogP contribution in [0.15, 0.2) is 42.5 Å². The zero-order chi connectivity index (χ0) is 22.2. The molecule has 0 aliphatic heterocycles. The number of hydrogen-bond donors (Lipinski definition) is 0. The summed E-state index contributed by atoms with van der Waals surface area (Å²) in [5.41, 5.74) is 0.646. The van der Waals surface area contributed by atoms with Crippen LogP contribution in [0.5, 0.6) is 0 Å². The van der Waals surface area contributed by atoms with Gasteiger partial charge in [-0.3, -0.25) is 9.59 Å². The lowest BCUT2D eigenvalue weighted by molar-refractivity contribution is -0.111. The first kappa shape index (κ1) is 28.2. The second kappa shape index (κ2) is 17.0. The summed E-state index contributed by atoms with van der Waals surface area (Å²) >= 11 is 27.7. The Kier molecular flexibility index (Phi) is 16.5. The summed E-state index contributed by atoms with van der Waals surface area (Å²) in [6.07, 6.45) is 5.00. The van der Waals surface area contributed by atoms with Crippen LogP contribution in [-0.2, 0) is 4.79 Å². The van der Waals surface area contributed by atoms with Crippen LogP contribution in [0, 0.1) is 0 Å². The minimum Gasteiger partial charge on any atom is -0.294 e. The monoisotopic (exact) mass is 496 g/mol. The molecule has 0 atom stereocenters. The highest BCUT2D eigenvalue weighted by molar-refractivity contribution is 6.63. The van der Waals surface area contributed by atoms with E-state index in [-0.39, 0.29) is 11.0 Å². The van der Waals surface area contributed by atoms with E-state index < -0.39 is 0 Å². The van der Waals surface area contributed by atoms with Gasteiger partial charge in [0.1, 0.15) is 0 Å². The minimum atomic E-state index is -0.221. The lowest BCUT2D eigenvalue weighted by Gasteiger charge is -2.01. The fraction of sp³-hybridized carbons (Fsp3) is 0.364. The van der Waals surface area contributed by atoms with Crippen LogP contribution < -0.4 is 0 Å². The smallest absolute Gasteiger partial charge is 0.221 e. The van der Waals surface area contributed by atoms with Gasteiger partial charge in [0.15, 0.2) is 5.78 Å². The minimum absolute atomic E-state index is 0.130. The van der Waals surface area contributed by atoms with Gasteiger partial charge >= 0.3 is 0 Å². The summed E-state index contributed by atoms with van der Waals surface area (Å²) in [7, 11) is 0. The molecular formula is C22H25Cl5O2. The van der Waals surface area contributed by atoms with E-state index in [9.17, 15) is 9.59 Å². The number of benzene rings is 2. The maximum absolute atomic E-state index is 11.6. The standard InChI is InChI=1S/C11H12Cl2O.C6H4Cl2.C5H9ClO/c1-2-3-4-11(14)8-5-6-9(12)10(13)7-8;7-5-3-1-2-4-6(5)8;1-2-3-4-5(6)7/h5-7H,2-4H2,1H3;1-4H;2-4H2,1H3. The maximum atomic E-state index is 11.6. The van der Waals surface area contributed by atoms with Gasteiger partial charge in [-0.25, -0.2) is 0 Å². The summed E-state index contributed by atoms with van der Waals surface area (Å²) in [6, 6.07) is 12.2. The number of rotatable bonds is 7. The predicted molar refractivity (Wildman–Crippen MR) is 127 cm³/mol. The van der Waals surface area contributed by atoms with Crippen molar-refractivity contribution in [3.05, 3.63) is 68.1 Å². The average Bonchev–Trinajstić information content (AvgIpc) is 2.69. The highest BCUT2D eigenvalue weighted by atomic mass is 35.5. The Morgan fingerprint density at radius 3 is 1.59 bits per heavy atom. The number of carbonyl (C=O) groups is 2. The molecule has 29 heavy (non-hydrogen) atoms. The lowest BCUT2D eigenvalue weighted by atomic mass is 10.1. The van der Waals surface area contributed by atoms with E-state index in [1.54, 1.807) is 30.3 Å². The lowest BCUT2D eigenvalue weighted by Crippen LogP contribution is -1.98. The molecule has 2 aromatic carbocycles. The first-order valence-corrected chi connectivity index (χ1v) is 11.2. The molecule has 0 fully saturated rings. The molecule has 0 amide bonds. The van der Waals surface area contributed by atoms with Gasteiger partial charge in [-0.1, -0.05) is 85.2 Å². The summed E-state index contributed by atoms with van der Waals surface area (Å²) in [6.45, 7) is 4.09. The highest BCUT2D eigenvalue weighted by Crippen LogP contribution is 2.23. The molecule has 0 saturated carbocycles. The van der Waals surface area contributed by atoms with Gasteiger partial charge in [0.05, 0.1) is 20.1 Å². The van der Waals surface area contributed by atoms with Crippen molar-refractivity contribution in [2.24, 2.45) is 0 Å². The second-order valence-electron chi connectivity index (χ2n) is 6.03. The molecule has 0 unspecified atom stereocenters. The molecule has 0 radical (unpaired) electrons. The van der Waals surface area contributed by atoms with Gasteiger partial charge in [0.2, 0.25) is 5.24 Å². The molecule has 0 aliphatic rings. The largest absolute Gasteiger partial charge is 0.294 e. The van der Waals surface area contributed by atoms with Crippen LogP contribution in [0.1, 0.15) is 62.7 Å². The molecule has 160 valence electrons. The van der Waals surface area contributed by atoms with Gasteiger partial charge < -0.3 is 0 Å². The van der Waals surface area contributed by atoms with Crippen molar-refractivity contribution >= 4 is 69.0 Å². The Morgan fingerprint density at radius 1 is 0.724 bits per heavy atom.